The zero-order chi connectivity index (χ0) is 14.8. The zero-order valence-corrected chi connectivity index (χ0v) is 11.8. The molecule has 0 saturated heterocycles. The largest absolute Gasteiger partial charge is 0.282 e. The third-order valence-corrected chi connectivity index (χ3v) is 3.26. The fraction of sp³-hybridized carbons (Fsp3) is 0.125. The predicted molar refractivity (Wildman–Crippen MR) is 82.6 cm³/mol. The van der Waals surface area contributed by atoms with E-state index in [1.54, 1.807) is 25.4 Å². The summed E-state index contributed by atoms with van der Waals surface area (Å²) in [6.07, 6.45) is 3.39. The van der Waals surface area contributed by atoms with Crippen molar-refractivity contribution < 1.29 is 0 Å². The SMILES string of the molecule is C/C(=N\n1c(C)nc2ccccc2c1=O)c1ccncc1. The molecule has 0 bridgehead atoms. The summed E-state index contributed by atoms with van der Waals surface area (Å²) in [5, 5.41) is 4.97. The van der Waals surface area contributed by atoms with Gasteiger partial charge in [0, 0.05) is 18.0 Å². The number of fused-ring (bicyclic) bond motifs is 1. The lowest BCUT2D eigenvalue weighted by molar-refractivity contribution is 0.766. The van der Waals surface area contributed by atoms with Crippen molar-refractivity contribution in [3.63, 3.8) is 0 Å². The second-order valence-corrected chi connectivity index (χ2v) is 4.71. The zero-order valence-electron chi connectivity index (χ0n) is 11.8. The number of nitrogens with zero attached hydrogens (tertiary/aromatic N) is 4. The van der Waals surface area contributed by atoms with E-state index in [1.165, 1.54) is 4.68 Å². The van der Waals surface area contributed by atoms with Gasteiger partial charge < -0.3 is 0 Å². The Bertz CT molecular complexity index is 882. The van der Waals surface area contributed by atoms with Crippen LogP contribution in [0.3, 0.4) is 0 Å². The molecule has 0 aliphatic heterocycles. The first kappa shape index (κ1) is 13.2. The smallest absolute Gasteiger partial charge is 0.267 e. The highest BCUT2D eigenvalue weighted by Gasteiger charge is 2.07. The highest BCUT2D eigenvalue weighted by atomic mass is 16.1. The molecule has 0 aliphatic rings. The summed E-state index contributed by atoms with van der Waals surface area (Å²) in [4.78, 5) is 20.9. The van der Waals surface area contributed by atoms with Gasteiger partial charge in [-0.25, -0.2) is 4.98 Å². The van der Waals surface area contributed by atoms with Gasteiger partial charge in [0.25, 0.3) is 5.56 Å². The van der Waals surface area contributed by atoms with E-state index in [4.69, 9.17) is 0 Å². The summed E-state index contributed by atoms with van der Waals surface area (Å²) >= 11 is 0. The number of hydrogen-bond acceptors (Lipinski definition) is 4. The summed E-state index contributed by atoms with van der Waals surface area (Å²) in [7, 11) is 0. The van der Waals surface area contributed by atoms with Gasteiger partial charge in [-0.05, 0) is 38.1 Å². The Morgan fingerprint density at radius 3 is 2.62 bits per heavy atom. The van der Waals surface area contributed by atoms with Gasteiger partial charge in [0.05, 0.1) is 16.6 Å². The lowest BCUT2D eigenvalue weighted by Crippen LogP contribution is -2.21. The minimum atomic E-state index is -0.161. The summed E-state index contributed by atoms with van der Waals surface area (Å²) < 4.78 is 1.35. The van der Waals surface area contributed by atoms with Crippen LogP contribution in [-0.2, 0) is 0 Å². The molecule has 0 fully saturated rings. The van der Waals surface area contributed by atoms with Gasteiger partial charge in [-0.15, -0.1) is 0 Å². The minimum absolute atomic E-state index is 0.161. The van der Waals surface area contributed by atoms with Crippen molar-refractivity contribution in [2.75, 3.05) is 0 Å². The molecule has 104 valence electrons. The van der Waals surface area contributed by atoms with Crippen LogP contribution in [0.15, 0.2) is 58.7 Å². The molecule has 2 aromatic heterocycles. The maximum absolute atomic E-state index is 12.5. The van der Waals surface area contributed by atoms with Crippen LogP contribution < -0.4 is 5.56 Å². The first-order valence-electron chi connectivity index (χ1n) is 6.61. The van der Waals surface area contributed by atoms with Crippen LogP contribution in [0.25, 0.3) is 10.9 Å². The molecular weight excluding hydrogens is 264 g/mol. The Labute approximate surface area is 121 Å². The van der Waals surface area contributed by atoms with E-state index in [-0.39, 0.29) is 5.56 Å². The topological polar surface area (TPSA) is 60.1 Å². The average Bonchev–Trinajstić information content (AvgIpc) is 2.52. The summed E-state index contributed by atoms with van der Waals surface area (Å²) in [6.45, 7) is 3.63. The molecule has 5 nitrogen and oxygen atoms in total. The van der Waals surface area contributed by atoms with Gasteiger partial charge in [0.1, 0.15) is 5.82 Å². The number of aromatic nitrogens is 3. The predicted octanol–water partition coefficient (Wildman–Crippen LogP) is 2.37. The highest BCUT2D eigenvalue weighted by molar-refractivity contribution is 5.98. The van der Waals surface area contributed by atoms with E-state index in [0.717, 1.165) is 11.3 Å². The molecule has 0 spiro atoms. The van der Waals surface area contributed by atoms with Crippen LogP contribution in [0, 0.1) is 6.92 Å². The van der Waals surface area contributed by atoms with Crippen LogP contribution in [0.1, 0.15) is 18.3 Å². The molecule has 0 unspecified atom stereocenters. The summed E-state index contributed by atoms with van der Waals surface area (Å²) in [5.74, 6) is 0.562. The number of benzene rings is 1. The van der Waals surface area contributed by atoms with Crippen LogP contribution in [-0.4, -0.2) is 20.4 Å². The van der Waals surface area contributed by atoms with Crippen molar-refractivity contribution in [3.05, 3.63) is 70.5 Å². The van der Waals surface area contributed by atoms with E-state index < -0.39 is 0 Å². The number of aryl methyl sites for hydroxylation is 1. The number of para-hydroxylation sites is 1. The van der Waals surface area contributed by atoms with Crippen molar-refractivity contribution in [1.82, 2.24) is 14.6 Å². The third kappa shape index (κ3) is 2.45. The molecule has 21 heavy (non-hydrogen) atoms. The molecule has 1 aromatic carbocycles. The van der Waals surface area contributed by atoms with Gasteiger partial charge in [0.2, 0.25) is 0 Å². The van der Waals surface area contributed by atoms with Crippen LogP contribution in [0.2, 0.25) is 0 Å². The fourth-order valence-corrected chi connectivity index (χ4v) is 2.15. The minimum Gasteiger partial charge on any atom is -0.267 e. The van der Waals surface area contributed by atoms with Gasteiger partial charge >= 0.3 is 0 Å². The number of rotatable bonds is 2. The molecule has 0 N–H and O–H groups in total. The van der Waals surface area contributed by atoms with Crippen molar-refractivity contribution >= 4 is 16.6 Å². The van der Waals surface area contributed by atoms with Gasteiger partial charge in [0.15, 0.2) is 0 Å². The van der Waals surface area contributed by atoms with Crippen LogP contribution in [0.4, 0.5) is 0 Å². The molecule has 3 aromatic rings. The Kier molecular flexibility index (Phi) is 3.31. The Balaban J connectivity index is 2.19. The molecule has 2 heterocycles. The fourth-order valence-electron chi connectivity index (χ4n) is 2.15. The lowest BCUT2D eigenvalue weighted by atomic mass is 10.2. The molecule has 5 heteroatoms. The van der Waals surface area contributed by atoms with E-state index in [0.29, 0.717) is 16.7 Å². The Morgan fingerprint density at radius 2 is 1.86 bits per heavy atom. The molecule has 0 amide bonds. The Hall–Kier alpha value is -2.82. The second kappa shape index (κ2) is 5.28. The van der Waals surface area contributed by atoms with E-state index >= 15 is 0 Å². The Morgan fingerprint density at radius 1 is 1.14 bits per heavy atom. The number of hydrogen-bond donors (Lipinski definition) is 0. The van der Waals surface area contributed by atoms with Crippen LogP contribution in [0.5, 0.6) is 0 Å². The van der Waals surface area contributed by atoms with Gasteiger partial charge in [-0.1, -0.05) is 12.1 Å². The van der Waals surface area contributed by atoms with Crippen molar-refractivity contribution in [2.45, 2.75) is 13.8 Å². The van der Waals surface area contributed by atoms with E-state index in [2.05, 4.69) is 15.1 Å². The quantitative estimate of drug-likeness (QED) is 0.676. The normalized spacial score (nSPS) is 11.8. The molecule has 0 atom stereocenters. The second-order valence-electron chi connectivity index (χ2n) is 4.71. The van der Waals surface area contributed by atoms with E-state index in [9.17, 15) is 4.79 Å². The van der Waals surface area contributed by atoms with Crippen LogP contribution >= 0.6 is 0 Å². The lowest BCUT2D eigenvalue weighted by Gasteiger charge is -2.07. The molecular formula is C16H14N4O. The van der Waals surface area contributed by atoms with Crippen molar-refractivity contribution in [2.24, 2.45) is 5.10 Å². The monoisotopic (exact) mass is 278 g/mol. The average molecular weight is 278 g/mol. The molecule has 0 aliphatic carbocycles. The van der Waals surface area contributed by atoms with Gasteiger partial charge in [-0.2, -0.15) is 9.78 Å². The summed E-state index contributed by atoms with van der Waals surface area (Å²) in [6, 6.07) is 11.0. The van der Waals surface area contributed by atoms with Crippen molar-refractivity contribution in [3.8, 4) is 0 Å². The summed E-state index contributed by atoms with van der Waals surface area (Å²) in [5.41, 5.74) is 2.18. The standard InChI is InChI=1S/C16H14N4O/c1-11(13-7-9-17-10-8-13)19-20-12(2)18-15-6-4-3-5-14(15)16(20)21/h3-10H,1-2H3/b19-11+. The number of pyridine rings is 1. The maximum atomic E-state index is 12.5. The maximum Gasteiger partial charge on any atom is 0.282 e. The third-order valence-electron chi connectivity index (χ3n) is 3.26. The first-order valence-corrected chi connectivity index (χ1v) is 6.61. The highest BCUT2D eigenvalue weighted by Crippen LogP contribution is 2.08. The molecule has 0 radical (unpaired) electrons. The van der Waals surface area contributed by atoms with Crippen molar-refractivity contribution in [1.29, 1.82) is 0 Å². The molecule has 0 saturated carbocycles. The van der Waals surface area contributed by atoms with Gasteiger partial charge in [-0.3, -0.25) is 9.78 Å². The van der Waals surface area contributed by atoms with E-state index in [1.807, 2.05) is 37.3 Å². The molecule has 3 rings (SSSR count). The first-order chi connectivity index (χ1) is 10.2.